The van der Waals surface area contributed by atoms with Gasteiger partial charge in [-0.2, -0.15) is 0 Å². The van der Waals surface area contributed by atoms with Gasteiger partial charge in [-0.05, 0) is 31.9 Å². The Labute approximate surface area is 121 Å². The van der Waals surface area contributed by atoms with E-state index in [1.54, 1.807) is 6.07 Å². The SMILES string of the molecule is CC(NC1CCS(=O)(=O)CC1)c1ccc(Br)cc1F. The van der Waals surface area contributed by atoms with Gasteiger partial charge in [-0.1, -0.05) is 22.0 Å². The van der Waals surface area contributed by atoms with Gasteiger partial charge in [0.25, 0.3) is 0 Å². The van der Waals surface area contributed by atoms with Gasteiger partial charge in [0.05, 0.1) is 11.5 Å². The largest absolute Gasteiger partial charge is 0.307 e. The van der Waals surface area contributed by atoms with Gasteiger partial charge in [-0.3, -0.25) is 0 Å². The predicted molar refractivity (Wildman–Crippen MR) is 77.3 cm³/mol. The van der Waals surface area contributed by atoms with Gasteiger partial charge in [0.2, 0.25) is 0 Å². The van der Waals surface area contributed by atoms with Crippen molar-refractivity contribution < 1.29 is 12.8 Å². The van der Waals surface area contributed by atoms with Crippen LogP contribution in [-0.2, 0) is 9.84 Å². The zero-order valence-corrected chi connectivity index (χ0v) is 13.1. The molecule has 6 heteroatoms. The second kappa shape index (κ2) is 5.89. The molecule has 1 unspecified atom stereocenters. The Kier molecular flexibility index (Phi) is 4.63. The number of hydrogen-bond acceptors (Lipinski definition) is 3. The van der Waals surface area contributed by atoms with Crippen LogP contribution >= 0.6 is 15.9 Å². The Morgan fingerprint density at radius 1 is 1.37 bits per heavy atom. The summed E-state index contributed by atoms with van der Waals surface area (Å²) in [6.07, 6.45) is 1.20. The van der Waals surface area contributed by atoms with Gasteiger partial charge in [0.15, 0.2) is 0 Å². The summed E-state index contributed by atoms with van der Waals surface area (Å²) >= 11 is 3.23. The summed E-state index contributed by atoms with van der Waals surface area (Å²) in [5.74, 6) is 0.193. The highest BCUT2D eigenvalue weighted by molar-refractivity contribution is 9.10. The van der Waals surface area contributed by atoms with E-state index in [-0.39, 0.29) is 29.4 Å². The summed E-state index contributed by atoms with van der Waals surface area (Å²) in [4.78, 5) is 0. The average Bonchev–Trinajstić information content (AvgIpc) is 2.31. The summed E-state index contributed by atoms with van der Waals surface area (Å²) in [5.41, 5.74) is 0.608. The molecule has 19 heavy (non-hydrogen) atoms. The molecule has 1 aromatic carbocycles. The first-order valence-electron chi connectivity index (χ1n) is 6.29. The molecule has 1 heterocycles. The van der Waals surface area contributed by atoms with Crippen molar-refractivity contribution in [2.75, 3.05) is 11.5 Å². The van der Waals surface area contributed by atoms with Crippen LogP contribution in [0.5, 0.6) is 0 Å². The molecule has 2 rings (SSSR count). The first-order valence-corrected chi connectivity index (χ1v) is 8.90. The van der Waals surface area contributed by atoms with Crippen LogP contribution in [-0.4, -0.2) is 26.0 Å². The number of halogens is 2. The van der Waals surface area contributed by atoms with E-state index in [4.69, 9.17) is 0 Å². The van der Waals surface area contributed by atoms with Crippen LogP contribution in [0.15, 0.2) is 22.7 Å². The van der Waals surface area contributed by atoms with Gasteiger partial charge in [-0.15, -0.1) is 0 Å². The van der Waals surface area contributed by atoms with Crippen molar-refractivity contribution in [1.82, 2.24) is 5.32 Å². The molecule has 0 bridgehead atoms. The smallest absolute Gasteiger partial charge is 0.150 e. The summed E-state index contributed by atoms with van der Waals surface area (Å²) in [7, 11) is -2.85. The lowest BCUT2D eigenvalue weighted by atomic mass is 10.0. The lowest BCUT2D eigenvalue weighted by Gasteiger charge is -2.27. The van der Waals surface area contributed by atoms with Crippen LogP contribution in [0, 0.1) is 5.82 Å². The zero-order chi connectivity index (χ0) is 14.0. The van der Waals surface area contributed by atoms with E-state index in [1.165, 1.54) is 6.07 Å². The molecular formula is C13H17BrFNO2S. The second-order valence-corrected chi connectivity index (χ2v) is 8.20. The van der Waals surface area contributed by atoms with Crippen molar-refractivity contribution in [1.29, 1.82) is 0 Å². The molecule has 1 saturated heterocycles. The monoisotopic (exact) mass is 349 g/mol. The van der Waals surface area contributed by atoms with E-state index in [9.17, 15) is 12.8 Å². The Bertz CT molecular complexity index is 548. The fourth-order valence-electron chi connectivity index (χ4n) is 2.35. The van der Waals surface area contributed by atoms with E-state index in [0.717, 1.165) is 0 Å². The van der Waals surface area contributed by atoms with E-state index < -0.39 is 9.84 Å². The Morgan fingerprint density at radius 3 is 2.58 bits per heavy atom. The molecule has 1 aliphatic rings. The zero-order valence-electron chi connectivity index (χ0n) is 10.7. The van der Waals surface area contributed by atoms with Crippen molar-refractivity contribution in [2.45, 2.75) is 31.8 Å². The maximum atomic E-state index is 13.8. The van der Waals surface area contributed by atoms with Crippen LogP contribution in [0.25, 0.3) is 0 Å². The van der Waals surface area contributed by atoms with E-state index in [0.29, 0.717) is 22.9 Å². The van der Waals surface area contributed by atoms with Crippen molar-refractivity contribution in [3.05, 3.63) is 34.1 Å². The van der Waals surface area contributed by atoms with Crippen molar-refractivity contribution in [2.24, 2.45) is 0 Å². The maximum Gasteiger partial charge on any atom is 0.150 e. The number of hydrogen-bond donors (Lipinski definition) is 1. The number of sulfone groups is 1. The molecular weight excluding hydrogens is 333 g/mol. The highest BCUT2D eigenvalue weighted by atomic mass is 79.9. The number of nitrogens with one attached hydrogen (secondary N) is 1. The first kappa shape index (κ1) is 14.9. The summed E-state index contributed by atoms with van der Waals surface area (Å²) in [6.45, 7) is 1.90. The molecule has 1 aliphatic heterocycles. The van der Waals surface area contributed by atoms with Crippen LogP contribution in [0.3, 0.4) is 0 Å². The molecule has 1 aromatic rings. The van der Waals surface area contributed by atoms with Gasteiger partial charge < -0.3 is 5.32 Å². The maximum absolute atomic E-state index is 13.8. The molecule has 0 aromatic heterocycles. The Hall–Kier alpha value is -0.460. The molecule has 106 valence electrons. The third kappa shape index (κ3) is 4.00. The fraction of sp³-hybridized carbons (Fsp3) is 0.538. The van der Waals surface area contributed by atoms with Gasteiger partial charge in [-0.25, -0.2) is 12.8 Å². The molecule has 0 radical (unpaired) electrons. The van der Waals surface area contributed by atoms with Crippen molar-refractivity contribution >= 4 is 25.8 Å². The third-order valence-corrected chi connectivity index (χ3v) is 5.68. The van der Waals surface area contributed by atoms with Crippen LogP contribution in [0.4, 0.5) is 4.39 Å². The summed E-state index contributed by atoms with van der Waals surface area (Å²) in [6, 6.07) is 5.01. The van der Waals surface area contributed by atoms with Crippen LogP contribution in [0.1, 0.15) is 31.4 Å². The normalized spacial score (nSPS) is 21.2. The fourth-order valence-corrected chi connectivity index (χ4v) is 4.18. The topological polar surface area (TPSA) is 46.2 Å². The second-order valence-electron chi connectivity index (χ2n) is 4.98. The van der Waals surface area contributed by atoms with Crippen molar-refractivity contribution in [3.63, 3.8) is 0 Å². The molecule has 0 saturated carbocycles. The predicted octanol–water partition coefficient (Wildman–Crippen LogP) is 2.82. The van der Waals surface area contributed by atoms with E-state index in [1.807, 2.05) is 13.0 Å². The van der Waals surface area contributed by atoms with E-state index >= 15 is 0 Å². The first-order chi connectivity index (χ1) is 8.87. The summed E-state index contributed by atoms with van der Waals surface area (Å²) in [5, 5.41) is 3.31. The van der Waals surface area contributed by atoms with Crippen LogP contribution in [0.2, 0.25) is 0 Å². The molecule has 1 fully saturated rings. The number of rotatable bonds is 3. The minimum Gasteiger partial charge on any atom is -0.307 e. The molecule has 0 amide bonds. The van der Waals surface area contributed by atoms with E-state index in [2.05, 4.69) is 21.2 Å². The molecule has 0 spiro atoms. The lowest BCUT2D eigenvalue weighted by Crippen LogP contribution is -2.39. The molecule has 0 aliphatic carbocycles. The third-order valence-electron chi connectivity index (χ3n) is 3.47. The Balaban J connectivity index is 2.00. The minimum absolute atomic E-state index is 0.126. The quantitative estimate of drug-likeness (QED) is 0.912. The average molecular weight is 350 g/mol. The standard InChI is InChI=1S/C13H17BrFNO2S/c1-9(12-3-2-10(14)8-13(12)15)16-11-4-6-19(17,18)7-5-11/h2-3,8-9,11,16H,4-7H2,1H3. The van der Waals surface area contributed by atoms with Gasteiger partial charge in [0, 0.05) is 22.1 Å². The summed E-state index contributed by atoms with van der Waals surface area (Å²) < 4.78 is 37.2. The van der Waals surface area contributed by atoms with Gasteiger partial charge in [0.1, 0.15) is 15.7 Å². The van der Waals surface area contributed by atoms with Gasteiger partial charge >= 0.3 is 0 Å². The number of benzene rings is 1. The highest BCUT2D eigenvalue weighted by Gasteiger charge is 2.25. The van der Waals surface area contributed by atoms with Crippen LogP contribution < -0.4 is 5.32 Å². The highest BCUT2D eigenvalue weighted by Crippen LogP contribution is 2.23. The lowest BCUT2D eigenvalue weighted by molar-refractivity contribution is 0.411. The minimum atomic E-state index is -2.85. The molecule has 1 atom stereocenters. The Morgan fingerprint density at radius 2 is 2.00 bits per heavy atom. The van der Waals surface area contributed by atoms with Crippen molar-refractivity contribution in [3.8, 4) is 0 Å². The molecule has 1 N–H and O–H groups in total. The molecule has 3 nitrogen and oxygen atoms in total.